The lowest BCUT2D eigenvalue weighted by Crippen LogP contribution is -2.29. The highest BCUT2D eigenvalue weighted by Gasteiger charge is 2.21. The van der Waals surface area contributed by atoms with Crippen molar-refractivity contribution in [1.82, 2.24) is 5.32 Å². The first-order chi connectivity index (χ1) is 8.34. The molecule has 3 heteroatoms. The van der Waals surface area contributed by atoms with E-state index in [-0.39, 0.29) is 0 Å². The summed E-state index contributed by atoms with van der Waals surface area (Å²) in [6.07, 6.45) is 6.92. The molecule has 0 bridgehead atoms. The van der Waals surface area contributed by atoms with Crippen molar-refractivity contribution < 1.29 is 9.47 Å². The number of ether oxygens (including phenoxy) is 2. The van der Waals surface area contributed by atoms with Crippen LogP contribution in [-0.4, -0.2) is 39.0 Å². The molecule has 0 aromatic rings. The van der Waals surface area contributed by atoms with Gasteiger partial charge in [-0.2, -0.15) is 0 Å². The minimum atomic E-state index is 0.508. The first kappa shape index (κ1) is 14.9. The zero-order chi connectivity index (χ0) is 12.3. The summed E-state index contributed by atoms with van der Waals surface area (Å²) in [5, 5.41) is 3.39. The number of hydrogen-bond donors (Lipinski definition) is 1. The molecule has 2 unspecified atom stereocenters. The van der Waals surface area contributed by atoms with E-state index in [4.69, 9.17) is 9.47 Å². The van der Waals surface area contributed by atoms with Crippen LogP contribution >= 0.6 is 0 Å². The van der Waals surface area contributed by atoms with Crippen LogP contribution in [0, 0.1) is 5.92 Å². The van der Waals surface area contributed by atoms with Crippen LogP contribution in [-0.2, 0) is 9.47 Å². The van der Waals surface area contributed by atoms with Gasteiger partial charge in [-0.15, -0.1) is 0 Å². The van der Waals surface area contributed by atoms with Crippen molar-refractivity contribution in [3.8, 4) is 0 Å². The van der Waals surface area contributed by atoms with Crippen molar-refractivity contribution in [2.24, 2.45) is 5.92 Å². The summed E-state index contributed by atoms with van der Waals surface area (Å²) in [6, 6.07) is 0. The molecule has 0 saturated heterocycles. The second kappa shape index (κ2) is 9.86. The van der Waals surface area contributed by atoms with Gasteiger partial charge in [-0.05, 0) is 38.6 Å². The third kappa shape index (κ3) is 7.02. The maximum Gasteiger partial charge on any atom is 0.0601 e. The Morgan fingerprint density at radius 2 is 1.94 bits per heavy atom. The highest BCUT2D eigenvalue weighted by Crippen LogP contribution is 2.25. The number of nitrogens with one attached hydrogen (secondary N) is 1. The second-order valence-electron chi connectivity index (χ2n) is 4.97. The Morgan fingerprint density at radius 3 is 2.71 bits per heavy atom. The standard InChI is InChI=1S/C14H29NO2/c1-3-16-11-6-9-15-10-12-17-14-8-5-4-7-13(14)2/h13-15H,3-12H2,1-2H3. The van der Waals surface area contributed by atoms with Crippen molar-refractivity contribution in [1.29, 1.82) is 0 Å². The lowest BCUT2D eigenvalue weighted by Gasteiger charge is -2.28. The van der Waals surface area contributed by atoms with E-state index in [9.17, 15) is 0 Å². The van der Waals surface area contributed by atoms with Gasteiger partial charge in [-0.3, -0.25) is 0 Å². The normalized spacial score (nSPS) is 25.1. The molecular formula is C14H29NO2. The van der Waals surface area contributed by atoms with Gasteiger partial charge in [0, 0.05) is 19.8 Å². The Labute approximate surface area is 106 Å². The Bertz CT molecular complexity index is 176. The van der Waals surface area contributed by atoms with Gasteiger partial charge >= 0.3 is 0 Å². The molecule has 3 nitrogen and oxygen atoms in total. The Balaban J connectivity index is 1.86. The maximum absolute atomic E-state index is 5.93. The van der Waals surface area contributed by atoms with E-state index in [1.165, 1.54) is 25.7 Å². The van der Waals surface area contributed by atoms with Crippen LogP contribution in [0.3, 0.4) is 0 Å². The van der Waals surface area contributed by atoms with Gasteiger partial charge in [0.1, 0.15) is 0 Å². The summed E-state index contributed by atoms with van der Waals surface area (Å²) in [5.74, 6) is 0.752. The van der Waals surface area contributed by atoms with Crippen molar-refractivity contribution >= 4 is 0 Å². The monoisotopic (exact) mass is 243 g/mol. The molecular weight excluding hydrogens is 214 g/mol. The first-order valence-electron chi connectivity index (χ1n) is 7.24. The van der Waals surface area contributed by atoms with Gasteiger partial charge in [-0.1, -0.05) is 19.8 Å². The molecule has 0 aromatic heterocycles. The zero-order valence-electron chi connectivity index (χ0n) is 11.5. The predicted octanol–water partition coefficient (Wildman–Crippen LogP) is 2.60. The van der Waals surface area contributed by atoms with Gasteiger partial charge in [0.2, 0.25) is 0 Å². The molecule has 0 radical (unpaired) electrons. The fourth-order valence-electron chi connectivity index (χ4n) is 2.38. The number of hydrogen-bond acceptors (Lipinski definition) is 3. The van der Waals surface area contributed by atoms with Crippen LogP contribution < -0.4 is 5.32 Å². The molecule has 102 valence electrons. The van der Waals surface area contributed by atoms with Gasteiger partial charge in [0.05, 0.1) is 12.7 Å². The minimum absolute atomic E-state index is 0.508. The molecule has 2 atom stereocenters. The molecule has 1 N–H and O–H groups in total. The Morgan fingerprint density at radius 1 is 1.12 bits per heavy atom. The molecule has 1 saturated carbocycles. The number of rotatable bonds is 9. The molecule has 1 fully saturated rings. The van der Waals surface area contributed by atoms with Crippen molar-refractivity contribution in [3.63, 3.8) is 0 Å². The van der Waals surface area contributed by atoms with Gasteiger partial charge in [0.15, 0.2) is 0 Å². The molecule has 0 aliphatic heterocycles. The Kier molecular flexibility index (Phi) is 8.67. The summed E-state index contributed by atoms with van der Waals surface area (Å²) >= 11 is 0. The predicted molar refractivity (Wildman–Crippen MR) is 71.4 cm³/mol. The fourth-order valence-corrected chi connectivity index (χ4v) is 2.38. The fraction of sp³-hybridized carbons (Fsp3) is 1.00. The first-order valence-corrected chi connectivity index (χ1v) is 7.24. The van der Waals surface area contributed by atoms with Crippen LogP contribution in [0.2, 0.25) is 0 Å². The SMILES string of the molecule is CCOCCCNCCOC1CCCCC1C. The molecule has 1 aliphatic carbocycles. The van der Waals surface area contributed by atoms with Gasteiger partial charge < -0.3 is 14.8 Å². The second-order valence-corrected chi connectivity index (χ2v) is 4.97. The molecule has 1 rings (SSSR count). The van der Waals surface area contributed by atoms with E-state index in [1.807, 2.05) is 6.92 Å². The van der Waals surface area contributed by atoms with E-state index in [2.05, 4.69) is 12.2 Å². The smallest absolute Gasteiger partial charge is 0.0601 e. The molecule has 17 heavy (non-hydrogen) atoms. The van der Waals surface area contributed by atoms with E-state index < -0.39 is 0 Å². The van der Waals surface area contributed by atoms with Crippen molar-refractivity contribution in [3.05, 3.63) is 0 Å². The van der Waals surface area contributed by atoms with Gasteiger partial charge in [0.25, 0.3) is 0 Å². The third-order valence-electron chi connectivity index (χ3n) is 3.49. The van der Waals surface area contributed by atoms with Crippen LogP contribution in [0.4, 0.5) is 0 Å². The van der Waals surface area contributed by atoms with Crippen LogP contribution in [0.25, 0.3) is 0 Å². The average Bonchev–Trinajstić information content (AvgIpc) is 2.35. The minimum Gasteiger partial charge on any atom is -0.382 e. The summed E-state index contributed by atoms with van der Waals surface area (Å²) in [7, 11) is 0. The quantitative estimate of drug-likeness (QED) is 0.631. The maximum atomic E-state index is 5.93. The van der Waals surface area contributed by atoms with E-state index in [1.54, 1.807) is 0 Å². The molecule has 0 heterocycles. The van der Waals surface area contributed by atoms with Crippen molar-refractivity contribution in [2.45, 2.75) is 52.1 Å². The third-order valence-corrected chi connectivity index (χ3v) is 3.49. The zero-order valence-corrected chi connectivity index (χ0v) is 11.5. The average molecular weight is 243 g/mol. The van der Waals surface area contributed by atoms with E-state index >= 15 is 0 Å². The summed E-state index contributed by atoms with van der Waals surface area (Å²) < 4.78 is 11.2. The largest absolute Gasteiger partial charge is 0.382 e. The van der Waals surface area contributed by atoms with E-state index in [0.29, 0.717) is 6.10 Å². The highest BCUT2D eigenvalue weighted by atomic mass is 16.5. The molecule has 1 aliphatic rings. The molecule has 0 spiro atoms. The summed E-state index contributed by atoms with van der Waals surface area (Å²) in [6.45, 7) is 8.89. The highest BCUT2D eigenvalue weighted by molar-refractivity contribution is 4.72. The van der Waals surface area contributed by atoms with Crippen molar-refractivity contribution in [2.75, 3.05) is 32.9 Å². The summed E-state index contributed by atoms with van der Waals surface area (Å²) in [5.41, 5.74) is 0. The lowest BCUT2D eigenvalue weighted by molar-refractivity contribution is -0.00322. The van der Waals surface area contributed by atoms with Crippen LogP contribution in [0.5, 0.6) is 0 Å². The van der Waals surface area contributed by atoms with E-state index in [0.717, 1.165) is 45.2 Å². The van der Waals surface area contributed by atoms with Crippen LogP contribution in [0.1, 0.15) is 46.0 Å². The van der Waals surface area contributed by atoms with Gasteiger partial charge in [-0.25, -0.2) is 0 Å². The molecule has 0 amide bonds. The van der Waals surface area contributed by atoms with Crippen LogP contribution in [0.15, 0.2) is 0 Å². The lowest BCUT2D eigenvalue weighted by atomic mass is 9.88. The topological polar surface area (TPSA) is 30.5 Å². The molecule has 0 aromatic carbocycles. The summed E-state index contributed by atoms with van der Waals surface area (Å²) in [4.78, 5) is 0. The Hall–Kier alpha value is -0.120.